The van der Waals surface area contributed by atoms with Crippen LogP contribution in [0.15, 0.2) is 30.5 Å². The van der Waals surface area contributed by atoms with E-state index in [9.17, 15) is 0 Å². The van der Waals surface area contributed by atoms with E-state index in [1.165, 1.54) is 0 Å². The van der Waals surface area contributed by atoms with Crippen molar-refractivity contribution >= 4 is 34.4 Å². The first kappa shape index (κ1) is 14.4. The summed E-state index contributed by atoms with van der Waals surface area (Å²) in [5.74, 6) is 0.777. The highest BCUT2D eigenvalue weighted by atomic mass is 35.5. The molecule has 0 bridgehead atoms. The predicted octanol–water partition coefficient (Wildman–Crippen LogP) is 4.99. The van der Waals surface area contributed by atoms with Gasteiger partial charge in [0.2, 0.25) is 0 Å². The summed E-state index contributed by atoms with van der Waals surface area (Å²) in [4.78, 5) is 9.18. The van der Waals surface area contributed by atoms with E-state index in [4.69, 9.17) is 23.2 Å². The summed E-state index contributed by atoms with van der Waals surface area (Å²) in [6.07, 6.45) is 1.79. The molecule has 108 valence electrons. The van der Waals surface area contributed by atoms with Crippen LogP contribution in [0.2, 0.25) is 5.02 Å². The van der Waals surface area contributed by atoms with Crippen molar-refractivity contribution in [1.82, 2.24) is 14.5 Å². The summed E-state index contributed by atoms with van der Waals surface area (Å²) in [5, 5.41) is 0.493. The number of rotatable bonds is 2. The van der Waals surface area contributed by atoms with Crippen molar-refractivity contribution in [2.45, 2.75) is 26.1 Å². The SMILES string of the molecule is Cc1c(Cl)cccc1-n1c(C(C)Cl)nc2c(C)ccnc21. The summed E-state index contributed by atoms with van der Waals surface area (Å²) in [6, 6.07) is 7.76. The van der Waals surface area contributed by atoms with Crippen LogP contribution in [0.4, 0.5) is 0 Å². The van der Waals surface area contributed by atoms with Crippen molar-refractivity contribution in [3.63, 3.8) is 0 Å². The van der Waals surface area contributed by atoms with E-state index in [0.717, 1.165) is 38.8 Å². The van der Waals surface area contributed by atoms with Crippen LogP contribution in [-0.2, 0) is 0 Å². The van der Waals surface area contributed by atoms with Crippen LogP contribution >= 0.6 is 23.2 Å². The number of aromatic nitrogens is 3. The molecule has 0 radical (unpaired) electrons. The smallest absolute Gasteiger partial charge is 0.164 e. The lowest BCUT2D eigenvalue weighted by atomic mass is 10.2. The van der Waals surface area contributed by atoms with E-state index in [2.05, 4.69) is 9.97 Å². The van der Waals surface area contributed by atoms with E-state index in [-0.39, 0.29) is 5.38 Å². The monoisotopic (exact) mass is 319 g/mol. The van der Waals surface area contributed by atoms with Gasteiger partial charge in [0.25, 0.3) is 0 Å². The highest BCUT2D eigenvalue weighted by Gasteiger charge is 2.19. The standard InChI is InChI=1S/C16H15Cl2N3/c1-9-7-8-19-16-14(9)20-15(11(3)17)21(16)13-6-4-5-12(18)10(13)2/h4-8,11H,1-3H3. The van der Waals surface area contributed by atoms with Gasteiger partial charge in [-0.1, -0.05) is 17.7 Å². The minimum atomic E-state index is -0.225. The number of hydrogen-bond donors (Lipinski definition) is 0. The van der Waals surface area contributed by atoms with Gasteiger partial charge in [-0.05, 0) is 50.1 Å². The van der Waals surface area contributed by atoms with Crippen LogP contribution < -0.4 is 0 Å². The molecule has 0 aliphatic heterocycles. The molecule has 0 fully saturated rings. The third kappa shape index (κ3) is 2.30. The fraction of sp³-hybridized carbons (Fsp3) is 0.250. The molecule has 0 aliphatic carbocycles. The summed E-state index contributed by atoms with van der Waals surface area (Å²) in [6.45, 7) is 5.92. The van der Waals surface area contributed by atoms with Gasteiger partial charge in [-0.15, -0.1) is 11.6 Å². The number of imidazole rings is 1. The molecule has 0 amide bonds. The molecule has 2 heterocycles. The molecule has 21 heavy (non-hydrogen) atoms. The highest BCUT2D eigenvalue weighted by molar-refractivity contribution is 6.31. The Balaban J connectivity index is 2.43. The molecule has 3 rings (SSSR count). The van der Waals surface area contributed by atoms with Crippen LogP contribution in [0.5, 0.6) is 0 Å². The Kier molecular flexibility index (Phi) is 3.64. The van der Waals surface area contributed by atoms with E-state index >= 15 is 0 Å². The lowest BCUT2D eigenvalue weighted by molar-refractivity contribution is 0.872. The normalized spacial score (nSPS) is 12.8. The first-order valence-corrected chi connectivity index (χ1v) is 7.55. The Morgan fingerprint density at radius 2 is 1.95 bits per heavy atom. The number of benzene rings is 1. The predicted molar refractivity (Wildman–Crippen MR) is 87.6 cm³/mol. The van der Waals surface area contributed by atoms with Crippen molar-refractivity contribution in [2.24, 2.45) is 0 Å². The number of halogens is 2. The van der Waals surface area contributed by atoms with E-state index in [1.54, 1.807) is 6.20 Å². The molecule has 1 aromatic carbocycles. The summed E-state index contributed by atoms with van der Waals surface area (Å²) in [7, 11) is 0. The fourth-order valence-electron chi connectivity index (χ4n) is 2.45. The maximum atomic E-state index is 6.33. The number of fused-ring (bicyclic) bond motifs is 1. The lowest BCUT2D eigenvalue weighted by Gasteiger charge is -2.13. The third-order valence-electron chi connectivity index (χ3n) is 3.61. The maximum absolute atomic E-state index is 6.33. The van der Waals surface area contributed by atoms with Gasteiger partial charge in [0, 0.05) is 11.2 Å². The molecule has 1 unspecified atom stereocenters. The molecule has 0 aliphatic rings. The maximum Gasteiger partial charge on any atom is 0.164 e. The van der Waals surface area contributed by atoms with E-state index in [0.29, 0.717) is 0 Å². The van der Waals surface area contributed by atoms with Crippen molar-refractivity contribution in [2.75, 3.05) is 0 Å². The van der Waals surface area contributed by atoms with Gasteiger partial charge in [0.15, 0.2) is 5.65 Å². The van der Waals surface area contributed by atoms with Gasteiger partial charge in [-0.3, -0.25) is 4.57 Å². The molecule has 2 aromatic heterocycles. The fourth-order valence-corrected chi connectivity index (χ4v) is 2.77. The van der Waals surface area contributed by atoms with E-state index < -0.39 is 0 Å². The summed E-state index contributed by atoms with van der Waals surface area (Å²) >= 11 is 12.6. The van der Waals surface area contributed by atoms with Crippen LogP contribution in [0.1, 0.15) is 29.3 Å². The number of hydrogen-bond acceptors (Lipinski definition) is 2. The van der Waals surface area contributed by atoms with Crippen LogP contribution in [0.25, 0.3) is 16.9 Å². The zero-order valence-electron chi connectivity index (χ0n) is 12.1. The molecule has 0 saturated heterocycles. The molecule has 0 saturated carbocycles. The molecule has 0 spiro atoms. The Hall–Kier alpha value is -1.58. The van der Waals surface area contributed by atoms with E-state index in [1.807, 2.05) is 49.6 Å². The van der Waals surface area contributed by atoms with Gasteiger partial charge in [-0.25, -0.2) is 9.97 Å². The van der Waals surface area contributed by atoms with Crippen molar-refractivity contribution in [1.29, 1.82) is 0 Å². The van der Waals surface area contributed by atoms with Crippen LogP contribution in [0, 0.1) is 13.8 Å². The Morgan fingerprint density at radius 3 is 2.67 bits per heavy atom. The third-order valence-corrected chi connectivity index (χ3v) is 4.21. The van der Waals surface area contributed by atoms with Crippen LogP contribution in [-0.4, -0.2) is 14.5 Å². The second kappa shape index (κ2) is 5.32. The Labute approximate surface area is 133 Å². The zero-order valence-corrected chi connectivity index (χ0v) is 13.6. The zero-order chi connectivity index (χ0) is 15.1. The Bertz CT molecular complexity index is 822. The molecule has 3 nitrogen and oxygen atoms in total. The number of alkyl halides is 1. The molecule has 3 aromatic rings. The molecule has 5 heteroatoms. The number of nitrogens with zero attached hydrogens (tertiary/aromatic N) is 3. The second-order valence-electron chi connectivity index (χ2n) is 5.11. The molecule has 0 N–H and O–H groups in total. The Morgan fingerprint density at radius 1 is 1.19 bits per heavy atom. The molecular formula is C16H15Cl2N3. The minimum absolute atomic E-state index is 0.225. The summed E-state index contributed by atoms with van der Waals surface area (Å²) in [5.41, 5.74) is 4.71. The lowest BCUT2D eigenvalue weighted by Crippen LogP contribution is -2.04. The van der Waals surface area contributed by atoms with Gasteiger partial charge in [0.05, 0.1) is 11.1 Å². The average Bonchev–Trinajstić information content (AvgIpc) is 2.83. The topological polar surface area (TPSA) is 30.7 Å². The number of pyridine rings is 1. The van der Waals surface area contributed by atoms with Crippen LogP contribution in [0.3, 0.4) is 0 Å². The van der Waals surface area contributed by atoms with Crippen molar-refractivity contribution in [3.8, 4) is 5.69 Å². The summed E-state index contributed by atoms with van der Waals surface area (Å²) < 4.78 is 2.00. The van der Waals surface area contributed by atoms with Gasteiger partial charge in [-0.2, -0.15) is 0 Å². The average molecular weight is 320 g/mol. The first-order valence-electron chi connectivity index (χ1n) is 6.74. The largest absolute Gasteiger partial charge is 0.279 e. The van der Waals surface area contributed by atoms with Gasteiger partial charge >= 0.3 is 0 Å². The second-order valence-corrected chi connectivity index (χ2v) is 6.17. The number of aryl methyl sites for hydroxylation is 1. The van der Waals surface area contributed by atoms with Crippen molar-refractivity contribution in [3.05, 3.63) is 52.4 Å². The van der Waals surface area contributed by atoms with Crippen molar-refractivity contribution < 1.29 is 0 Å². The first-order chi connectivity index (χ1) is 10.0. The minimum Gasteiger partial charge on any atom is -0.279 e. The molecule has 1 atom stereocenters. The highest BCUT2D eigenvalue weighted by Crippen LogP contribution is 2.31. The quantitative estimate of drug-likeness (QED) is 0.623. The molecular weight excluding hydrogens is 305 g/mol. The van der Waals surface area contributed by atoms with Gasteiger partial charge < -0.3 is 0 Å². The van der Waals surface area contributed by atoms with Gasteiger partial charge in [0.1, 0.15) is 11.3 Å².